The van der Waals surface area contributed by atoms with E-state index >= 15 is 0 Å². The summed E-state index contributed by atoms with van der Waals surface area (Å²) in [6, 6.07) is 19.3. The molecule has 1 amide bonds. The van der Waals surface area contributed by atoms with Crippen LogP contribution in [-0.4, -0.2) is 17.6 Å². The first-order valence-corrected chi connectivity index (χ1v) is 11.3. The Bertz CT molecular complexity index is 1140. The fraction of sp³-hybridized carbons (Fsp3) is 0.200. The van der Waals surface area contributed by atoms with Crippen LogP contribution in [0.1, 0.15) is 29.9 Å². The second-order valence-electron chi connectivity index (χ2n) is 7.38. The van der Waals surface area contributed by atoms with E-state index in [2.05, 4.69) is 5.32 Å². The van der Waals surface area contributed by atoms with Gasteiger partial charge in [0.2, 0.25) is 12.2 Å². The molecule has 1 aliphatic heterocycles. The van der Waals surface area contributed by atoms with Crippen molar-refractivity contribution in [3.63, 3.8) is 0 Å². The molecule has 6 nitrogen and oxygen atoms in total. The minimum absolute atomic E-state index is 0.0909. The molecule has 0 radical (unpaired) electrons. The Morgan fingerprint density at radius 3 is 2.61 bits per heavy atom. The molecule has 3 aromatic carbocycles. The van der Waals surface area contributed by atoms with Crippen LogP contribution in [0.3, 0.4) is 0 Å². The van der Waals surface area contributed by atoms with Crippen LogP contribution in [0.25, 0.3) is 0 Å². The highest BCUT2D eigenvalue weighted by atomic mass is 32.2. The number of rotatable bonds is 7. The van der Waals surface area contributed by atoms with Gasteiger partial charge in [0.05, 0.1) is 12.4 Å². The molecular formula is C25H22FNO5S. The van der Waals surface area contributed by atoms with E-state index in [1.54, 1.807) is 12.1 Å². The van der Waals surface area contributed by atoms with Gasteiger partial charge in [-0.05, 0) is 36.4 Å². The number of esters is 1. The number of ether oxygens (including phenoxy) is 3. The number of nitrogens with one attached hydrogen (secondary N) is 1. The van der Waals surface area contributed by atoms with E-state index in [0.717, 1.165) is 10.5 Å². The van der Waals surface area contributed by atoms with E-state index in [-0.39, 0.29) is 24.9 Å². The molecule has 0 saturated heterocycles. The van der Waals surface area contributed by atoms with Gasteiger partial charge in [-0.1, -0.05) is 30.3 Å². The molecule has 0 bridgehead atoms. The number of amides is 1. The SMILES string of the molecule is CC(=O)Nc1ccc(SCC(=O)OCc2cc(F)cc3c2O[C@H](c2ccccc2)OC3)cc1. The Kier molecular flexibility index (Phi) is 7.26. The highest BCUT2D eigenvalue weighted by Crippen LogP contribution is 2.37. The summed E-state index contributed by atoms with van der Waals surface area (Å²) in [5, 5.41) is 2.69. The lowest BCUT2D eigenvalue weighted by Gasteiger charge is -2.28. The maximum atomic E-state index is 14.1. The van der Waals surface area contributed by atoms with Crippen molar-refractivity contribution in [3.8, 4) is 5.75 Å². The number of carbonyl (C=O) groups excluding carboxylic acids is 2. The van der Waals surface area contributed by atoms with Crippen molar-refractivity contribution >= 4 is 29.3 Å². The molecule has 0 spiro atoms. The molecule has 1 atom stereocenters. The van der Waals surface area contributed by atoms with Crippen LogP contribution in [0.2, 0.25) is 0 Å². The number of hydrogen-bond acceptors (Lipinski definition) is 6. The fourth-order valence-electron chi connectivity index (χ4n) is 3.34. The summed E-state index contributed by atoms with van der Waals surface area (Å²) in [6.45, 7) is 1.52. The van der Waals surface area contributed by atoms with Gasteiger partial charge in [-0.2, -0.15) is 0 Å². The third-order valence-corrected chi connectivity index (χ3v) is 5.80. The topological polar surface area (TPSA) is 73.9 Å². The van der Waals surface area contributed by atoms with Gasteiger partial charge in [0.25, 0.3) is 0 Å². The van der Waals surface area contributed by atoms with Crippen molar-refractivity contribution in [3.05, 3.63) is 89.2 Å². The predicted molar refractivity (Wildman–Crippen MR) is 122 cm³/mol. The number of hydrogen-bond donors (Lipinski definition) is 1. The molecule has 0 unspecified atom stereocenters. The molecule has 1 aliphatic rings. The average molecular weight is 468 g/mol. The van der Waals surface area contributed by atoms with Crippen LogP contribution in [-0.2, 0) is 32.3 Å². The molecule has 0 fully saturated rings. The van der Waals surface area contributed by atoms with Crippen LogP contribution >= 0.6 is 11.8 Å². The third kappa shape index (κ3) is 6.12. The van der Waals surface area contributed by atoms with E-state index in [0.29, 0.717) is 22.6 Å². The fourth-order valence-corrected chi connectivity index (χ4v) is 4.03. The Labute approximate surface area is 195 Å². The lowest BCUT2D eigenvalue weighted by Crippen LogP contribution is -2.20. The van der Waals surface area contributed by atoms with Crippen molar-refractivity contribution < 1.29 is 28.2 Å². The smallest absolute Gasteiger partial charge is 0.316 e. The number of halogens is 1. The molecule has 0 aliphatic carbocycles. The molecule has 170 valence electrons. The minimum atomic E-state index is -0.616. The summed E-state index contributed by atoms with van der Waals surface area (Å²) < 4.78 is 31.2. The second kappa shape index (κ2) is 10.5. The molecule has 8 heteroatoms. The summed E-state index contributed by atoms with van der Waals surface area (Å²) in [5.41, 5.74) is 2.55. The molecule has 1 heterocycles. The third-order valence-electron chi connectivity index (χ3n) is 4.81. The van der Waals surface area contributed by atoms with E-state index in [9.17, 15) is 14.0 Å². The Hall–Kier alpha value is -3.36. The largest absolute Gasteiger partial charge is 0.460 e. The van der Waals surface area contributed by atoms with Gasteiger partial charge in [0.15, 0.2) is 0 Å². The summed E-state index contributed by atoms with van der Waals surface area (Å²) in [6.07, 6.45) is -0.616. The highest BCUT2D eigenvalue weighted by Gasteiger charge is 2.25. The molecule has 0 aromatic heterocycles. The van der Waals surface area contributed by atoms with Gasteiger partial charge < -0.3 is 19.5 Å². The van der Waals surface area contributed by atoms with Gasteiger partial charge in [0, 0.05) is 34.2 Å². The number of thioether (sulfide) groups is 1. The summed E-state index contributed by atoms with van der Waals surface area (Å²) in [4.78, 5) is 24.2. The lowest BCUT2D eigenvalue weighted by atomic mass is 10.1. The van der Waals surface area contributed by atoms with Crippen LogP contribution in [0, 0.1) is 5.82 Å². The van der Waals surface area contributed by atoms with Crippen molar-refractivity contribution in [1.29, 1.82) is 0 Å². The second-order valence-corrected chi connectivity index (χ2v) is 8.43. The van der Waals surface area contributed by atoms with Gasteiger partial charge in [-0.25, -0.2) is 4.39 Å². The number of anilines is 1. The quantitative estimate of drug-likeness (QED) is 0.379. The van der Waals surface area contributed by atoms with Gasteiger partial charge in [-0.15, -0.1) is 11.8 Å². The molecular weight excluding hydrogens is 445 g/mol. The van der Waals surface area contributed by atoms with Crippen molar-refractivity contribution in [2.75, 3.05) is 11.1 Å². The zero-order valence-corrected chi connectivity index (χ0v) is 18.7. The summed E-state index contributed by atoms with van der Waals surface area (Å²) >= 11 is 1.31. The molecule has 0 saturated carbocycles. The minimum Gasteiger partial charge on any atom is -0.460 e. The van der Waals surface area contributed by atoms with E-state index < -0.39 is 18.1 Å². The van der Waals surface area contributed by atoms with Crippen LogP contribution < -0.4 is 10.1 Å². The van der Waals surface area contributed by atoms with Crippen LogP contribution in [0.5, 0.6) is 5.75 Å². The van der Waals surface area contributed by atoms with E-state index in [1.807, 2.05) is 42.5 Å². The average Bonchev–Trinajstić information content (AvgIpc) is 2.82. The summed E-state index contributed by atoms with van der Waals surface area (Å²) in [5.74, 6) is -0.461. The van der Waals surface area contributed by atoms with Crippen molar-refractivity contribution in [1.82, 2.24) is 0 Å². The highest BCUT2D eigenvalue weighted by molar-refractivity contribution is 8.00. The Morgan fingerprint density at radius 1 is 1.12 bits per heavy atom. The normalized spacial score (nSPS) is 14.7. The van der Waals surface area contributed by atoms with Crippen LogP contribution in [0.4, 0.5) is 10.1 Å². The first kappa shape index (κ1) is 22.8. The Balaban J connectivity index is 1.36. The molecule has 33 heavy (non-hydrogen) atoms. The zero-order chi connectivity index (χ0) is 23.2. The molecule has 1 N–H and O–H groups in total. The lowest BCUT2D eigenvalue weighted by molar-refractivity contribution is -0.142. The predicted octanol–water partition coefficient (Wildman–Crippen LogP) is 5.23. The van der Waals surface area contributed by atoms with Gasteiger partial charge >= 0.3 is 5.97 Å². The monoisotopic (exact) mass is 467 g/mol. The molecule has 3 aromatic rings. The van der Waals surface area contributed by atoms with Crippen molar-refractivity contribution in [2.24, 2.45) is 0 Å². The first-order chi connectivity index (χ1) is 16.0. The number of fused-ring (bicyclic) bond motifs is 1. The maximum Gasteiger partial charge on any atom is 0.316 e. The first-order valence-electron chi connectivity index (χ1n) is 10.3. The van der Waals surface area contributed by atoms with Gasteiger partial charge in [-0.3, -0.25) is 9.59 Å². The van der Waals surface area contributed by atoms with Gasteiger partial charge in [0.1, 0.15) is 18.2 Å². The maximum absolute atomic E-state index is 14.1. The number of carbonyl (C=O) groups is 2. The zero-order valence-electron chi connectivity index (χ0n) is 17.9. The van der Waals surface area contributed by atoms with E-state index in [4.69, 9.17) is 14.2 Å². The van der Waals surface area contributed by atoms with E-state index in [1.165, 1.54) is 30.8 Å². The standard InChI is InChI=1S/C25H22FNO5S/c1-16(28)27-21-7-9-22(10-8-21)33-15-23(29)30-13-18-11-20(26)12-19-14-31-25(32-24(18)19)17-5-3-2-4-6-17/h2-12,25H,13-15H2,1H3,(H,27,28)/t25-/m1/s1. The number of benzene rings is 3. The Morgan fingerprint density at radius 2 is 1.88 bits per heavy atom. The van der Waals surface area contributed by atoms with Crippen LogP contribution in [0.15, 0.2) is 71.6 Å². The van der Waals surface area contributed by atoms with Crippen molar-refractivity contribution in [2.45, 2.75) is 31.3 Å². The molecule has 4 rings (SSSR count). The summed E-state index contributed by atoms with van der Waals surface area (Å²) in [7, 11) is 0.